The lowest BCUT2D eigenvalue weighted by atomic mass is 10.3. The van der Waals surface area contributed by atoms with Gasteiger partial charge in [-0.3, -0.25) is 0 Å². The molecule has 0 amide bonds. The lowest BCUT2D eigenvalue weighted by Crippen LogP contribution is -2.03. The molecule has 0 aliphatic heterocycles. The van der Waals surface area contributed by atoms with Crippen LogP contribution in [0.3, 0.4) is 0 Å². The molecule has 0 aliphatic rings. The molecule has 0 spiro atoms. The fourth-order valence-corrected chi connectivity index (χ4v) is 2.04. The van der Waals surface area contributed by atoms with E-state index >= 15 is 0 Å². The first-order valence-corrected chi connectivity index (χ1v) is 5.71. The van der Waals surface area contributed by atoms with E-state index in [0.29, 0.717) is 6.54 Å². The Morgan fingerprint density at radius 2 is 2.17 bits per heavy atom. The van der Waals surface area contributed by atoms with Crippen LogP contribution in [0.1, 0.15) is 11.5 Å². The van der Waals surface area contributed by atoms with Crippen molar-refractivity contribution in [2.75, 3.05) is 5.73 Å². The van der Waals surface area contributed by atoms with Gasteiger partial charge in [-0.05, 0) is 31.2 Å². The predicted molar refractivity (Wildman–Crippen MR) is 70.0 cm³/mol. The smallest absolute Gasteiger partial charge is 0.115 e. The number of nitrogen functional groups attached to an aromatic ring is 1. The molecular weight excluding hydrogens is 226 g/mol. The number of nitrogens with zero attached hydrogens (tertiary/aromatic N) is 4. The normalized spacial score (nSPS) is 10.9. The Morgan fingerprint density at radius 1 is 1.28 bits per heavy atom. The highest BCUT2D eigenvalue weighted by Crippen LogP contribution is 2.19. The Bertz CT molecular complexity index is 687. The van der Waals surface area contributed by atoms with Gasteiger partial charge in [-0.25, -0.2) is 15.0 Å². The third-order valence-electron chi connectivity index (χ3n) is 2.93. The molecule has 5 nitrogen and oxygen atoms in total. The van der Waals surface area contributed by atoms with Crippen LogP contribution in [0.5, 0.6) is 0 Å². The van der Waals surface area contributed by atoms with E-state index in [9.17, 15) is 0 Å². The topological polar surface area (TPSA) is 69.6 Å². The first kappa shape index (κ1) is 10.7. The van der Waals surface area contributed by atoms with Crippen molar-refractivity contribution in [3.05, 3.63) is 48.3 Å². The quantitative estimate of drug-likeness (QED) is 0.692. The Balaban J connectivity index is 2.09. The van der Waals surface area contributed by atoms with Gasteiger partial charge in [-0.15, -0.1) is 0 Å². The summed E-state index contributed by atoms with van der Waals surface area (Å²) in [5.74, 6) is 0.953. The van der Waals surface area contributed by atoms with Crippen LogP contribution in [-0.4, -0.2) is 19.5 Å². The maximum atomic E-state index is 5.77. The lowest BCUT2D eigenvalue weighted by molar-refractivity contribution is 0.760. The molecule has 3 rings (SSSR count). The van der Waals surface area contributed by atoms with Crippen molar-refractivity contribution in [2.45, 2.75) is 13.5 Å². The maximum Gasteiger partial charge on any atom is 0.115 e. The van der Waals surface area contributed by atoms with Crippen molar-refractivity contribution in [3.63, 3.8) is 0 Å². The predicted octanol–water partition coefficient (Wildman–Crippen LogP) is 1.77. The Labute approximate surface area is 104 Å². The van der Waals surface area contributed by atoms with Gasteiger partial charge in [0, 0.05) is 11.9 Å². The van der Waals surface area contributed by atoms with Crippen LogP contribution >= 0.6 is 0 Å². The summed E-state index contributed by atoms with van der Waals surface area (Å²) in [6.07, 6.45) is 3.30. The zero-order valence-corrected chi connectivity index (χ0v) is 10.0. The first-order valence-electron chi connectivity index (χ1n) is 5.71. The van der Waals surface area contributed by atoms with Gasteiger partial charge in [0.15, 0.2) is 0 Å². The molecule has 3 aromatic rings. The zero-order chi connectivity index (χ0) is 12.5. The number of hydrogen-bond acceptors (Lipinski definition) is 4. The molecule has 1 aromatic carbocycles. The number of imidazole rings is 1. The molecular formula is C13H13N5. The summed E-state index contributed by atoms with van der Waals surface area (Å²) in [5.41, 5.74) is 9.45. The lowest BCUT2D eigenvalue weighted by Gasteiger charge is -2.05. The van der Waals surface area contributed by atoms with E-state index in [1.165, 1.54) is 0 Å². The summed E-state index contributed by atoms with van der Waals surface area (Å²) < 4.78 is 2.12. The monoisotopic (exact) mass is 239 g/mol. The van der Waals surface area contributed by atoms with Crippen molar-refractivity contribution in [2.24, 2.45) is 0 Å². The van der Waals surface area contributed by atoms with Crippen LogP contribution < -0.4 is 5.73 Å². The van der Waals surface area contributed by atoms with Crippen molar-refractivity contribution in [1.82, 2.24) is 19.5 Å². The largest absolute Gasteiger partial charge is 0.399 e. The summed E-state index contributed by atoms with van der Waals surface area (Å²) in [7, 11) is 0. The Morgan fingerprint density at radius 3 is 2.94 bits per heavy atom. The van der Waals surface area contributed by atoms with Crippen molar-refractivity contribution < 1.29 is 0 Å². The molecule has 0 aliphatic carbocycles. The van der Waals surface area contributed by atoms with E-state index in [4.69, 9.17) is 5.73 Å². The number of aryl methyl sites for hydroxylation is 1. The Hall–Kier alpha value is -2.43. The van der Waals surface area contributed by atoms with E-state index < -0.39 is 0 Å². The van der Waals surface area contributed by atoms with Crippen LogP contribution in [0.2, 0.25) is 0 Å². The van der Waals surface area contributed by atoms with E-state index in [0.717, 1.165) is 28.2 Å². The van der Waals surface area contributed by atoms with Gasteiger partial charge in [0.25, 0.3) is 0 Å². The van der Waals surface area contributed by atoms with Gasteiger partial charge in [0.05, 0.1) is 23.3 Å². The summed E-state index contributed by atoms with van der Waals surface area (Å²) >= 11 is 0. The van der Waals surface area contributed by atoms with Crippen LogP contribution in [0, 0.1) is 6.92 Å². The van der Waals surface area contributed by atoms with Crippen LogP contribution in [0.4, 0.5) is 5.69 Å². The molecule has 0 bridgehead atoms. The summed E-state index contributed by atoms with van der Waals surface area (Å²) in [5, 5.41) is 0. The van der Waals surface area contributed by atoms with E-state index in [1.807, 2.05) is 31.2 Å². The average Bonchev–Trinajstić information content (AvgIpc) is 2.66. The second kappa shape index (κ2) is 4.10. The van der Waals surface area contributed by atoms with E-state index in [1.54, 1.807) is 12.5 Å². The van der Waals surface area contributed by atoms with Gasteiger partial charge in [0.1, 0.15) is 12.2 Å². The fraction of sp³-hybridized carbons (Fsp3) is 0.154. The molecule has 2 aromatic heterocycles. The minimum absolute atomic E-state index is 0.689. The van der Waals surface area contributed by atoms with Gasteiger partial charge in [-0.1, -0.05) is 0 Å². The summed E-state index contributed by atoms with van der Waals surface area (Å²) in [4.78, 5) is 12.7. The molecule has 18 heavy (non-hydrogen) atoms. The van der Waals surface area contributed by atoms with Gasteiger partial charge in [0.2, 0.25) is 0 Å². The number of fused-ring (bicyclic) bond motifs is 1. The molecule has 0 unspecified atom stereocenters. The number of aromatic nitrogens is 4. The molecule has 0 atom stereocenters. The van der Waals surface area contributed by atoms with Crippen LogP contribution in [0.25, 0.3) is 11.0 Å². The van der Waals surface area contributed by atoms with Gasteiger partial charge >= 0.3 is 0 Å². The minimum atomic E-state index is 0.689. The fourth-order valence-electron chi connectivity index (χ4n) is 2.04. The Kier molecular flexibility index (Phi) is 2.44. The molecule has 2 heterocycles. The minimum Gasteiger partial charge on any atom is -0.399 e. The van der Waals surface area contributed by atoms with E-state index in [-0.39, 0.29) is 0 Å². The standard InChI is InChI=1S/C13H13N5/c1-9-17-12-6-10(14)2-3-13(12)18(9)7-11-4-5-15-8-16-11/h2-6,8H,7,14H2,1H3. The second-order valence-electron chi connectivity index (χ2n) is 4.19. The highest BCUT2D eigenvalue weighted by molar-refractivity contribution is 5.79. The van der Waals surface area contributed by atoms with Gasteiger partial charge < -0.3 is 10.3 Å². The molecule has 90 valence electrons. The van der Waals surface area contributed by atoms with E-state index in [2.05, 4.69) is 19.5 Å². The highest BCUT2D eigenvalue weighted by Gasteiger charge is 2.08. The number of nitrogens with two attached hydrogens (primary N) is 1. The number of rotatable bonds is 2. The SMILES string of the molecule is Cc1nc2cc(N)ccc2n1Cc1ccncn1. The van der Waals surface area contributed by atoms with Crippen molar-refractivity contribution in [1.29, 1.82) is 0 Å². The number of benzene rings is 1. The summed E-state index contributed by atoms with van der Waals surface area (Å²) in [6, 6.07) is 7.67. The molecule has 0 saturated heterocycles. The first-order chi connectivity index (χ1) is 8.74. The third kappa shape index (κ3) is 1.79. The average molecular weight is 239 g/mol. The van der Waals surface area contributed by atoms with Crippen molar-refractivity contribution in [3.8, 4) is 0 Å². The van der Waals surface area contributed by atoms with Crippen molar-refractivity contribution >= 4 is 16.7 Å². The second-order valence-corrected chi connectivity index (χ2v) is 4.19. The maximum absolute atomic E-state index is 5.77. The third-order valence-corrected chi connectivity index (χ3v) is 2.93. The molecule has 0 radical (unpaired) electrons. The summed E-state index contributed by atoms with van der Waals surface area (Å²) in [6.45, 7) is 2.67. The molecule has 0 fully saturated rings. The molecule has 5 heteroatoms. The number of hydrogen-bond donors (Lipinski definition) is 1. The number of anilines is 1. The molecule has 0 saturated carbocycles. The molecule has 2 N–H and O–H groups in total. The zero-order valence-electron chi connectivity index (χ0n) is 10.0. The van der Waals surface area contributed by atoms with Crippen LogP contribution in [-0.2, 0) is 6.54 Å². The highest BCUT2D eigenvalue weighted by atomic mass is 15.1. The van der Waals surface area contributed by atoms with Gasteiger partial charge in [-0.2, -0.15) is 0 Å². The van der Waals surface area contributed by atoms with Crippen LogP contribution in [0.15, 0.2) is 36.8 Å².